The van der Waals surface area contributed by atoms with Crippen LogP contribution in [0.4, 0.5) is 4.79 Å². The van der Waals surface area contributed by atoms with Crippen molar-refractivity contribution in [3.8, 4) is 0 Å². The number of benzene rings is 2. The molecule has 3 aromatic rings. The van der Waals surface area contributed by atoms with Crippen molar-refractivity contribution in [2.24, 2.45) is 0 Å². The van der Waals surface area contributed by atoms with Crippen molar-refractivity contribution in [3.63, 3.8) is 0 Å². The van der Waals surface area contributed by atoms with E-state index in [0.717, 1.165) is 49.3 Å². The summed E-state index contributed by atoms with van der Waals surface area (Å²) in [5, 5.41) is 26.9. The summed E-state index contributed by atoms with van der Waals surface area (Å²) >= 11 is 6.04. The summed E-state index contributed by atoms with van der Waals surface area (Å²) in [7, 11) is 0. The van der Waals surface area contributed by atoms with Gasteiger partial charge in [0.15, 0.2) is 0 Å². The third kappa shape index (κ3) is 7.57. The minimum absolute atomic E-state index is 0.0375. The molecule has 1 aromatic heterocycles. The van der Waals surface area contributed by atoms with Crippen molar-refractivity contribution in [1.82, 2.24) is 20.5 Å². The Morgan fingerprint density at radius 1 is 0.974 bits per heavy atom. The number of hydrogen-bond acceptors (Lipinski definition) is 5. The van der Waals surface area contributed by atoms with Crippen molar-refractivity contribution in [2.45, 2.75) is 43.1 Å². The number of hydrogen-bond donors (Lipinski definition) is 4. The van der Waals surface area contributed by atoms with Crippen molar-refractivity contribution in [2.75, 3.05) is 39.3 Å². The van der Waals surface area contributed by atoms with E-state index in [1.807, 2.05) is 60.7 Å². The van der Waals surface area contributed by atoms with Crippen molar-refractivity contribution in [1.29, 1.82) is 0 Å². The molecule has 208 valence electrons. The standard InChI is InChI=1S/C31H39ClN4O3/c32-27-13-11-26(12-14-27)31(39)16-21-36(22-17-31)20-6-15-30(25-8-2-1-3-9-25,28-10-4-5-18-33-28)24-35-29(38)34-19-7-23-37/h1-5,8-14,18,37,39H,6-7,15-17,19-24H2,(H2,34,35,38). The Hall–Kier alpha value is -2.97. The molecule has 39 heavy (non-hydrogen) atoms. The van der Waals surface area contributed by atoms with E-state index in [1.165, 1.54) is 0 Å². The molecule has 0 aliphatic carbocycles. The zero-order valence-electron chi connectivity index (χ0n) is 22.4. The summed E-state index contributed by atoms with van der Waals surface area (Å²) in [6, 6.07) is 23.4. The van der Waals surface area contributed by atoms with Gasteiger partial charge in [-0.1, -0.05) is 60.1 Å². The zero-order valence-corrected chi connectivity index (χ0v) is 23.1. The molecule has 4 N–H and O–H groups in total. The summed E-state index contributed by atoms with van der Waals surface area (Å²) in [5.74, 6) is 0. The van der Waals surface area contributed by atoms with Crippen LogP contribution in [0.5, 0.6) is 0 Å². The molecule has 1 atom stereocenters. The molecule has 1 unspecified atom stereocenters. The number of carbonyl (C=O) groups excluding carboxylic acids is 1. The van der Waals surface area contributed by atoms with Crippen LogP contribution in [-0.2, 0) is 11.0 Å². The second-order valence-corrected chi connectivity index (χ2v) is 10.8. The fourth-order valence-corrected chi connectivity index (χ4v) is 5.60. The maximum atomic E-state index is 12.6. The van der Waals surface area contributed by atoms with E-state index in [4.69, 9.17) is 21.7 Å². The Morgan fingerprint density at radius 2 is 1.69 bits per heavy atom. The highest BCUT2D eigenvalue weighted by Gasteiger charge is 2.37. The molecule has 8 heteroatoms. The first-order valence-electron chi connectivity index (χ1n) is 13.8. The van der Waals surface area contributed by atoms with Crippen LogP contribution >= 0.6 is 11.6 Å². The fraction of sp³-hybridized carbons (Fsp3) is 0.419. The Kier molecular flexibility index (Phi) is 10.3. The maximum absolute atomic E-state index is 12.6. The molecule has 7 nitrogen and oxygen atoms in total. The van der Waals surface area contributed by atoms with Gasteiger partial charge in [-0.05, 0) is 74.0 Å². The Balaban J connectivity index is 1.45. The van der Waals surface area contributed by atoms with Crippen LogP contribution in [0.25, 0.3) is 0 Å². The lowest BCUT2D eigenvalue weighted by Gasteiger charge is -2.39. The Labute approximate surface area is 236 Å². The second kappa shape index (κ2) is 13.9. The van der Waals surface area contributed by atoms with Crippen LogP contribution < -0.4 is 10.6 Å². The molecule has 2 aromatic carbocycles. The third-order valence-corrected chi connectivity index (χ3v) is 8.05. The van der Waals surface area contributed by atoms with Gasteiger partial charge in [0.1, 0.15) is 0 Å². The average Bonchev–Trinajstić information content (AvgIpc) is 2.97. The van der Waals surface area contributed by atoms with Gasteiger partial charge in [0.2, 0.25) is 0 Å². The van der Waals surface area contributed by atoms with Gasteiger partial charge < -0.3 is 25.7 Å². The zero-order chi connectivity index (χ0) is 27.6. The molecule has 2 amide bonds. The van der Waals surface area contributed by atoms with E-state index in [9.17, 15) is 9.90 Å². The monoisotopic (exact) mass is 550 g/mol. The smallest absolute Gasteiger partial charge is 0.314 e. The molecule has 4 rings (SSSR count). The summed E-state index contributed by atoms with van der Waals surface area (Å²) in [6.45, 7) is 3.37. The summed E-state index contributed by atoms with van der Waals surface area (Å²) in [4.78, 5) is 19.7. The lowest BCUT2D eigenvalue weighted by Crippen LogP contribution is -2.47. The molecule has 0 saturated carbocycles. The molecular formula is C31H39ClN4O3. The average molecular weight is 551 g/mol. The van der Waals surface area contributed by atoms with Gasteiger partial charge in [-0.2, -0.15) is 0 Å². The molecule has 0 spiro atoms. The second-order valence-electron chi connectivity index (χ2n) is 10.3. The lowest BCUT2D eigenvalue weighted by molar-refractivity contribution is -0.0262. The number of urea groups is 1. The number of piperidine rings is 1. The third-order valence-electron chi connectivity index (χ3n) is 7.80. The van der Waals surface area contributed by atoms with Gasteiger partial charge in [0.05, 0.1) is 16.7 Å². The van der Waals surface area contributed by atoms with Crippen LogP contribution in [0.15, 0.2) is 79.0 Å². The molecule has 0 bridgehead atoms. The largest absolute Gasteiger partial charge is 0.396 e. The van der Waals surface area contributed by atoms with E-state index in [1.54, 1.807) is 6.20 Å². The van der Waals surface area contributed by atoms with Crippen LogP contribution in [0.2, 0.25) is 5.02 Å². The lowest BCUT2D eigenvalue weighted by atomic mass is 9.73. The first-order valence-corrected chi connectivity index (χ1v) is 14.1. The van der Waals surface area contributed by atoms with E-state index < -0.39 is 11.0 Å². The van der Waals surface area contributed by atoms with Crippen LogP contribution in [0, 0.1) is 0 Å². The first kappa shape index (κ1) is 29.0. The molecular weight excluding hydrogens is 512 g/mol. The van der Waals surface area contributed by atoms with Crippen molar-refractivity contribution in [3.05, 3.63) is 101 Å². The van der Waals surface area contributed by atoms with Gasteiger partial charge in [0, 0.05) is 44.0 Å². The Bertz CT molecular complexity index is 1110. The highest BCUT2D eigenvalue weighted by atomic mass is 35.5. The predicted molar refractivity (Wildman–Crippen MR) is 155 cm³/mol. The number of rotatable bonds is 12. The van der Waals surface area contributed by atoms with E-state index >= 15 is 0 Å². The van der Waals surface area contributed by atoms with Crippen LogP contribution in [-0.4, -0.2) is 65.5 Å². The van der Waals surface area contributed by atoms with E-state index in [0.29, 0.717) is 37.4 Å². The molecule has 1 saturated heterocycles. The normalized spacial score (nSPS) is 16.8. The maximum Gasteiger partial charge on any atom is 0.314 e. The Morgan fingerprint density at radius 3 is 2.36 bits per heavy atom. The highest BCUT2D eigenvalue weighted by molar-refractivity contribution is 6.30. The topological polar surface area (TPSA) is 97.7 Å². The number of carbonyl (C=O) groups is 1. The van der Waals surface area contributed by atoms with Crippen molar-refractivity contribution < 1.29 is 15.0 Å². The fourth-order valence-electron chi connectivity index (χ4n) is 5.48. The molecule has 0 radical (unpaired) electrons. The summed E-state index contributed by atoms with van der Waals surface area (Å²) in [6.07, 6.45) is 5.36. The number of pyridine rings is 1. The van der Waals surface area contributed by atoms with Crippen LogP contribution in [0.1, 0.15) is 48.9 Å². The van der Waals surface area contributed by atoms with Crippen LogP contribution in [0.3, 0.4) is 0 Å². The number of aliphatic hydroxyl groups is 2. The summed E-state index contributed by atoms with van der Waals surface area (Å²) < 4.78 is 0. The van der Waals surface area contributed by atoms with E-state index in [2.05, 4.69) is 27.7 Å². The summed E-state index contributed by atoms with van der Waals surface area (Å²) in [5.41, 5.74) is 1.62. The van der Waals surface area contributed by atoms with Crippen molar-refractivity contribution >= 4 is 17.6 Å². The minimum atomic E-state index is -0.823. The molecule has 1 fully saturated rings. The van der Waals surface area contributed by atoms with Gasteiger partial charge in [-0.15, -0.1) is 0 Å². The van der Waals surface area contributed by atoms with Gasteiger partial charge in [-0.25, -0.2) is 4.79 Å². The van der Waals surface area contributed by atoms with E-state index in [-0.39, 0.29) is 12.6 Å². The molecule has 1 aliphatic rings. The number of aromatic nitrogens is 1. The molecule has 2 heterocycles. The number of nitrogens with one attached hydrogen (secondary N) is 2. The van der Waals surface area contributed by atoms with Gasteiger partial charge in [0.25, 0.3) is 0 Å². The highest BCUT2D eigenvalue weighted by Crippen LogP contribution is 2.37. The number of nitrogens with zero attached hydrogens (tertiary/aromatic N) is 2. The number of amides is 2. The van der Waals surface area contributed by atoms with Gasteiger partial charge >= 0.3 is 6.03 Å². The number of aliphatic hydroxyl groups excluding tert-OH is 1. The predicted octanol–water partition coefficient (Wildman–Crippen LogP) is 4.47. The molecule has 1 aliphatic heterocycles. The van der Waals surface area contributed by atoms with Gasteiger partial charge in [-0.3, -0.25) is 4.98 Å². The quantitative estimate of drug-likeness (QED) is 0.250. The minimum Gasteiger partial charge on any atom is -0.396 e. The number of likely N-dealkylation sites (tertiary alicyclic amines) is 1. The SMILES string of the molecule is O=C(NCCCO)NCC(CCCN1CCC(O)(c2ccc(Cl)cc2)CC1)(c1ccccc1)c1ccccn1. The number of halogens is 1. The first-order chi connectivity index (χ1) is 18.9.